The van der Waals surface area contributed by atoms with Gasteiger partial charge in [0.15, 0.2) is 0 Å². The molecule has 0 atom stereocenters. The largest absolute Gasteiger partial charge is 0.0492 e. The molecule has 0 saturated carbocycles. The smallest absolute Gasteiger partial charge is 0.0482 e. The quantitative estimate of drug-likeness (QED) is 0.317. The molecule has 66 valence electrons. The molecule has 0 spiro atoms. The Bertz CT molecular complexity index is 226. The van der Waals surface area contributed by atoms with Gasteiger partial charge in [-0.3, -0.25) is 0 Å². The van der Waals surface area contributed by atoms with Crippen LogP contribution >= 0.6 is 79.6 Å². The Morgan fingerprint density at radius 1 is 0.583 bits per heavy atom. The molecule has 0 fully saturated rings. The molecule has 0 amide bonds. The van der Waals surface area contributed by atoms with Crippen LogP contribution in [0.25, 0.3) is 0 Å². The topological polar surface area (TPSA) is 0 Å². The van der Waals surface area contributed by atoms with Crippen LogP contribution in [0.5, 0.6) is 0 Å². The molecular formula is C7H3Br5. The van der Waals surface area contributed by atoms with Crippen LogP contribution in [-0.4, -0.2) is 0 Å². The van der Waals surface area contributed by atoms with Crippen molar-refractivity contribution in [2.75, 3.05) is 0 Å². The van der Waals surface area contributed by atoms with Crippen LogP contribution in [0.15, 0.2) is 22.4 Å². The van der Waals surface area contributed by atoms with Gasteiger partial charge in [-0.15, -0.1) is 0 Å². The average Bonchev–Trinajstić information content (AvgIpc) is 2.08. The third kappa shape index (κ3) is 2.00. The molecule has 0 saturated heterocycles. The maximum atomic E-state index is 3.49. The lowest BCUT2D eigenvalue weighted by molar-refractivity contribution is 1.33. The van der Waals surface area contributed by atoms with Crippen LogP contribution in [0.4, 0.5) is 0 Å². The van der Waals surface area contributed by atoms with E-state index in [1.54, 1.807) is 0 Å². The van der Waals surface area contributed by atoms with E-state index in [2.05, 4.69) is 79.6 Å². The van der Waals surface area contributed by atoms with Gasteiger partial charge < -0.3 is 0 Å². The zero-order valence-corrected chi connectivity index (χ0v) is 13.8. The van der Waals surface area contributed by atoms with Crippen LogP contribution in [-0.2, 0) is 0 Å². The van der Waals surface area contributed by atoms with Gasteiger partial charge in [0.25, 0.3) is 0 Å². The van der Waals surface area contributed by atoms with Crippen LogP contribution in [0.2, 0.25) is 0 Å². The van der Waals surface area contributed by atoms with Gasteiger partial charge in [-0.25, -0.2) is 0 Å². The molecule has 0 heterocycles. The molecule has 0 nitrogen and oxygen atoms in total. The first-order valence-corrected chi connectivity index (χ1v) is 6.91. The summed E-state index contributed by atoms with van der Waals surface area (Å²) in [5.41, 5.74) is 1.16. The van der Waals surface area contributed by atoms with E-state index in [1.807, 2.05) is 6.92 Å². The third-order valence-corrected chi connectivity index (χ3v) is 7.92. The zero-order valence-electron chi connectivity index (χ0n) is 5.89. The molecule has 1 aromatic carbocycles. The van der Waals surface area contributed by atoms with Gasteiger partial charge in [-0.1, -0.05) is 0 Å². The van der Waals surface area contributed by atoms with E-state index >= 15 is 0 Å². The zero-order chi connectivity index (χ0) is 9.46. The van der Waals surface area contributed by atoms with Gasteiger partial charge in [-0.05, 0) is 92.1 Å². The molecule has 0 aliphatic heterocycles. The average molecular weight is 493 g/mol. The lowest BCUT2D eigenvalue weighted by Gasteiger charge is -2.09. The summed E-state index contributed by atoms with van der Waals surface area (Å²) in [4.78, 5) is 0. The van der Waals surface area contributed by atoms with Gasteiger partial charge in [-0.2, -0.15) is 0 Å². The van der Waals surface area contributed by atoms with Gasteiger partial charge in [0.1, 0.15) is 0 Å². The molecule has 12 heavy (non-hydrogen) atoms. The SMILES string of the molecule is C[13c]1[13c](Br)[13c](Br)[13c](Br)[13c](Br)[13c]1Br. The Kier molecular flexibility index (Phi) is 4.31. The molecule has 0 N–H and O–H groups in total. The van der Waals surface area contributed by atoms with Crippen molar-refractivity contribution in [2.45, 2.75) is 6.92 Å². The third-order valence-electron chi connectivity index (χ3n) is 1.43. The Morgan fingerprint density at radius 3 is 1.17 bits per heavy atom. The molecule has 0 unspecified atom stereocenters. The van der Waals surface area contributed by atoms with Crippen molar-refractivity contribution < 1.29 is 0 Å². The Morgan fingerprint density at radius 2 is 0.833 bits per heavy atom. The van der Waals surface area contributed by atoms with Crippen LogP contribution in [0, 0.1) is 6.92 Å². The van der Waals surface area contributed by atoms with E-state index in [4.69, 9.17) is 0 Å². The minimum atomic E-state index is 1.01. The summed E-state index contributed by atoms with van der Waals surface area (Å²) in [5.74, 6) is 0. The number of benzene rings is 1. The van der Waals surface area contributed by atoms with E-state index in [-0.39, 0.29) is 0 Å². The van der Waals surface area contributed by atoms with Crippen molar-refractivity contribution in [3.05, 3.63) is 27.9 Å². The van der Waals surface area contributed by atoms with Crippen LogP contribution in [0.3, 0.4) is 0 Å². The van der Waals surface area contributed by atoms with Crippen molar-refractivity contribution >= 4 is 79.6 Å². The van der Waals surface area contributed by atoms with Crippen molar-refractivity contribution in [3.63, 3.8) is 0 Å². The first-order valence-electron chi connectivity index (χ1n) is 2.94. The Balaban J connectivity index is 3.60. The second kappa shape index (κ2) is 4.43. The first kappa shape index (κ1) is 11.7. The minimum absolute atomic E-state index is 1.01. The van der Waals surface area contributed by atoms with E-state index in [0.29, 0.717) is 0 Å². The molecule has 0 radical (unpaired) electrons. The summed E-state index contributed by atoms with van der Waals surface area (Å²) in [6, 6.07) is 0. The molecule has 0 aliphatic rings. The van der Waals surface area contributed by atoms with Crippen LogP contribution < -0.4 is 0 Å². The second-order valence-corrected chi connectivity index (χ2v) is 6.16. The summed E-state index contributed by atoms with van der Waals surface area (Å²) in [6.07, 6.45) is 0. The molecule has 1 rings (SSSR count). The summed E-state index contributed by atoms with van der Waals surface area (Å²) >= 11 is 17.4. The maximum Gasteiger partial charge on any atom is 0.0482 e. The highest BCUT2D eigenvalue weighted by Gasteiger charge is 2.13. The molecule has 0 aliphatic carbocycles. The molecule has 0 bridgehead atoms. The fourth-order valence-electron chi connectivity index (χ4n) is 0.715. The highest BCUT2D eigenvalue weighted by atomic mass is 79.9. The minimum Gasteiger partial charge on any atom is -0.0492 e. The molecular weight excluding hydrogens is 490 g/mol. The molecule has 1 aromatic rings. The standard InChI is InChI=1S/C7H3Br5/c1-2-3(8)5(10)7(12)6(11)4(2)9/h1H3/i2+1,3+1,4+1,5+1,6+1,7+1. The van der Waals surface area contributed by atoms with Gasteiger partial charge in [0.05, 0.1) is 0 Å². The monoisotopic (exact) mass is 488 g/mol. The Hall–Kier alpha value is 1.62. The molecule has 0 aromatic heterocycles. The number of hydrogen-bond donors (Lipinski definition) is 0. The predicted molar refractivity (Wildman–Crippen MR) is 69.7 cm³/mol. The lowest BCUT2D eigenvalue weighted by Crippen LogP contribution is -1.84. The number of halogens is 5. The fraction of sp³-hybridized carbons (Fsp3) is 0.143. The second-order valence-electron chi connectivity index (χ2n) is 2.19. The van der Waals surface area contributed by atoms with Crippen LogP contribution in [0.1, 0.15) is 5.56 Å². The predicted octanol–water partition coefficient (Wildman–Crippen LogP) is 5.81. The van der Waals surface area contributed by atoms with Crippen molar-refractivity contribution in [1.29, 1.82) is 0 Å². The highest BCUT2D eigenvalue weighted by molar-refractivity contribution is 9.15. The van der Waals surface area contributed by atoms with E-state index < -0.39 is 0 Å². The summed E-state index contributed by atoms with van der Waals surface area (Å²) in [6.45, 7) is 2.04. The van der Waals surface area contributed by atoms with Crippen molar-refractivity contribution in [1.82, 2.24) is 0 Å². The molecule has 5 heteroatoms. The maximum absolute atomic E-state index is 3.49. The van der Waals surface area contributed by atoms with Gasteiger partial charge in [0.2, 0.25) is 0 Å². The lowest BCUT2D eigenvalue weighted by atomic mass is 11.0. The Labute approximate surface area is 113 Å². The van der Waals surface area contributed by atoms with Crippen molar-refractivity contribution in [2.24, 2.45) is 0 Å². The summed E-state index contributed by atoms with van der Waals surface area (Å²) < 4.78 is 5.17. The highest BCUT2D eigenvalue weighted by Crippen LogP contribution is 2.43. The normalized spacial score (nSPS) is 10.5. The van der Waals surface area contributed by atoms with E-state index in [0.717, 1.165) is 27.9 Å². The number of hydrogen-bond acceptors (Lipinski definition) is 0. The van der Waals surface area contributed by atoms with E-state index in [1.165, 1.54) is 0 Å². The number of rotatable bonds is 0. The van der Waals surface area contributed by atoms with Gasteiger partial charge in [0, 0.05) is 22.4 Å². The van der Waals surface area contributed by atoms with Crippen molar-refractivity contribution in [3.8, 4) is 0 Å². The first-order chi connectivity index (χ1) is 5.46. The fourth-order valence-corrected chi connectivity index (χ4v) is 3.96. The van der Waals surface area contributed by atoms with Gasteiger partial charge >= 0.3 is 0 Å². The van der Waals surface area contributed by atoms with E-state index in [9.17, 15) is 0 Å². The summed E-state index contributed by atoms with van der Waals surface area (Å²) in [5, 5.41) is 0. The summed E-state index contributed by atoms with van der Waals surface area (Å²) in [7, 11) is 0.